The largest absolute Gasteiger partial charge is 0.480 e. The molecule has 5 nitrogen and oxygen atoms in total. The van der Waals surface area contributed by atoms with Crippen LogP contribution in [0.5, 0.6) is 0 Å². The number of thiol groups is 2. The molecular weight excluding hydrogens is 224 g/mol. The van der Waals surface area contributed by atoms with Gasteiger partial charge in [0.2, 0.25) is 5.91 Å². The average Bonchev–Trinajstić information content (AvgIpc) is 2.15. The second-order valence-corrected chi connectivity index (χ2v) is 3.34. The maximum absolute atomic E-state index is 11.3. The maximum atomic E-state index is 11.3. The second kappa shape index (κ2) is 7.95. The summed E-state index contributed by atoms with van der Waals surface area (Å²) in [6.45, 7) is 0.209. The normalized spacial score (nSPS) is 12.1. The Hall–Kier alpha value is -0.400. The van der Waals surface area contributed by atoms with Crippen molar-refractivity contribution >= 4 is 37.1 Å². The van der Waals surface area contributed by atoms with Crippen molar-refractivity contribution in [3.8, 4) is 0 Å². The molecule has 0 aromatic heterocycles. The highest BCUT2D eigenvalue weighted by Crippen LogP contribution is 1.88. The van der Waals surface area contributed by atoms with Gasteiger partial charge in [-0.2, -0.15) is 25.3 Å². The van der Waals surface area contributed by atoms with Gasteiger partial charge in [0, 0.05) is 18.1 Å². The number of aliphatic carboxylic acids is 1. The van der Waals surface area contributed by atoms with E-state index in [1.54, 1.807) is 0 Å². The van der Waals surface area contributed by atoms with Crippen molar-refractivity contribution in [3.63, 3.8) is 0 Å². The van der Waals surface area contributed by atoms with E-state index in [1.807, 2.05) is 0 Å². The minimum Gasteiger partial charge on any atom is -0.480 e. The predicted molar refractivity (Wildman–Crippen MR) is 60.1 cm³/mol. The first-order valence-electron chi connectivity index (χ1n) is 4.06. The van der Waals surface area contributed by atoms with Gasteiger partial charge in [0.1, 0.15) is 0 Å². The van der Waals surface area contributed by atoms with Crippen molar-refractivity contribution in [2.75, 3.05) is 24.6 Å². The number of carboxylic acids is 1. The van der Waals surface area contributed by atoms with Crippen LogP contribution < -0.4 is 10.6 Å². The van der Waals surface area contributed by atoms with Crippen LogP contribution in [0.15, 0.2) is 0 Å². The second-order valence-electron chi connectivity index (χ2n) is 2.52. The van der Waals surface area contributed by atoms with E-state index in [-0.39, 0.29) is 18.2 Å². The van der Waals surface area contributed by atoms with Gasteiger partial charge >= 0.3 is 5.97 Å². The van der Waals surface area contributed by atoms with E-state index in [0.29, 0.717) is 12.3 Å². The summed E-state index contributed by atoms with van der Waals surface area (Å²) in [7, 11) is 0. The molecule has 0 heterocycles. The molecule has 1 atom stereocenters. The molecule has 0 spiro atoms. The third-order valence-electron chi connectivity index (χ3n) is 1.41. The topological polar surface area (TPSA) is 78.4 Å². The van der Waals surface area contributed by atoms with Crippen molar-refractivity contribution in [2.24, 2.45) is 0 Å². The Balaban J connectivity index is 3.86. The van der Waals surface area contributed by atoms with Gasteiger partial charge < -0.3 is 10.4 Å². The molecule has 3 N–H and O–H groups in total. The van der Waals surface area contributed by atoms with Crippen LogP contribution in [-0.4, -0.2) is 47.6 Å². The molecule has 0 aromatic rings. The SMILES string of the molecule is O=C(O)CNC(CS)C(=O)NCCS. The molecule has 0 aliphatic rings. The number of carbonyl (C=O) groups excluding carboxylic acids is 1. The molecule has 1 unspecified atom stereocenters. The molecule has 82 valence electrons. The molecule has 0 saturated heterocycles. The number of hydrogen-bond acceptors (Lipinski definition) is 5. The number of amides is 1. The molecule has 0 fully saturated rings. The number of hydrogen-bond donors (Lipinski definition) is 5. The lowest BCUT2D eigenvalue weighted by atomic mass is 10.3. The third kappa shape index (κ3) is 6.11. The first-order valence-corrected chi connectivity index (χ1v) is 5.33. The van der Waals surface area contributed by atoms with E-state index in [0.717, 1.165) is 0 Å². The summed E-state index contributed by atoms with van der Waals surface area (Å²) in [4.78, 5) is 21.5. The van der Waals surface area contributed by atoms with E-state index in [1.165, 1.54) is 0 Å². The molecule has 0 rings (SSSR count). The summed E-state index contributed by atoms with van der Waals surface area (Å²) >= 11 is 7.87. The van der Waals surface area contributed by atoms with Crippen LogP contribution in [-0.2, 0) is 9.59 Å². The fourth-order valence-electron chi connectivity index (χ4n) is 0.753. The van der Waals surface area contributed by atoms with Crippen molar-refractivity contribution in [2.45, 2.75) is 6.04 Å². The highest BCUT2D eigenvalue weighted by molar-refractivity contribution is 7.80. The Bertz CT molecular complexity index is 201. The van der Waals surface area contributed by atoms with Crippen LogP contribution in [0.2, 0.25) is 0 Å². The molecule has 0 saturated carbocycles. The summed E-state index contributed by atoms with van der Waals surface area (Å²) in [5.41, 5.74) is 0. The predicted octanol–water partition coefficient (Wildman–Crippen LogP) is -0.995. The molecule has 7 heteroatoms. The van der Waals surface area contributed by atoms with Gasteiger partial charge in [0.25, 0.3) is 0 Å². The Morgan fingerprint density at radius 3 is 2.43 bits per heavy atom. The monoisotopic (exact) mass is 238 g/mol. The lowest BCUT2D eigenvalue weighted by Gasteiger charge is -2.14. The third-order valence-corrected chi connectivity index (χ3v) is 2.00. The number of carboxylic acid groups (broad SMARTS) is 1. The zero-order valence-corrected chi connectivity index (χ0v) is 9.35. The van der Waals surface area contributed by atoms with Crippen LogP contribution in [0, 0.1) is 0 Å². The van der Waals surface area contributed by atoms with Gasteiger partial charge in [0.05, 0.1) is 12.6 Å². The molecule has 14 heavy (non-hydrogen) atoms. The number of nitrogens with one attached hydrogen (secondary N) is 2. The molecule has 0 aromatic carbocycles. The first-order chi connectivity index (χ1) is 6.61. The van der Waals surface area contributed by atoms with E-state index >= 15 is 0 Å². The van der Waals surface area contributed by atoms with Crippen molar-refractivity contribution in [3.05, 3.63) is 0 Å². The Labute approximate surface area is 93.5 Å². The highest BCUT2D eigenvalue weighted by atomic mass is 32.1. The molecule has 0 radical (unpaired) electrons. The lowest BCUT2D eigenvalue weighted by molar-refractivity contribution is -0.136. The Morgan fingerprint density at radius 2 is 2.00 bits per heavy atom. The maximum Gasteiger partial charge on any atom is 0.317 e. The lowest BCUT2D eigenvalue weighted by Crippen LogP contribution is -2.47. The minimum atomic E-state index is -1.00. The molecule has 0 bridgehead atoms. The smallest absolute Gasteiger partial charge is 0.317 e. The van der Waals surface area contributed by atoms with Gasteiger partial charge in [0.15, 0.2) is 0 Å². The summed E-state index contributed by atoms with van der Waals surface area (Å²) in [5, 5.41) is 13.5. The first kappa shape index (κ1) is 13.6. The Morgan fingerprint density at radius 1 is 1.36 bits per heavy atom. The van der Waals surface area contributed by atoms with Crippen LogP contribution in [0.3, 0.4) is 0 Å². The van der Waals surface area contributed by atoms with Crippen molar-refractivity contribution in [1.29, 1.82) is 0 Å². The quantitative estimate of drug-likeness (QED) is 0.369. The van der Waals surface area contributed by atoms with Crippen LogP contribution in [0.25, 0.3) is 0 Å². The van der Waals surface area contributed by atoms with Crippen LogP contribution in [0.1, 0.15) is 0 Å². The van der Waals surface area contributed by atoms with E-state index < -0.39 is 12.0 Å². The summed E-state index contributed by atoms with van der Waals surface area (Å²) in [6, 6.07) is -0.575. The van der Waals surface area contributed by atoms with Gasteiger partial charge in [-0.05, 0) is 0 Å². The fraction of sp³-hybridized carbons (Fsp3) is 0.714. The van der Waals surface area contributed by atoms with Gasteiger partial charge in [-0.1, -0.05) is 0 Å². The minimum absolute atomic E-state index is 0.250. The molecule has 1 amide bonds. The Kier molecular flexibility index (Phi) is 7.73. The summed E-state index contributed by atoms with van der Waals surface area (Å²) < 4.78 is 0. The van der Waals surface area contributed by atoms with E-state index in [9.17, 15) is 9.59 Å². The van der Waals surface area contributed by atoms with E-state index in [2.05, 4.69) is 35.9 Å². The molecule has 0 aliphatic heterocycles. The average molecular weight is 238 g/mol. The van der Waals surface area contributed by atoms with Crippen LogP contribution >= 0.6 is 25.3 Å². The van der Waals surface area contributed by atoms with Crippen LogP contribution in [0.4, 0.5) is 0 Å². The van der Waals surface area contributed by atoms with E-state index in [4.69, 9.17) is 5.11 Å². The molecular formula is C7H14N2O3S2. The van der Waals surface area contributed by atoms with Gasteiger partial charge in [-0.3, -0.25) is 14.9 Å². The zero-order chi connectivity index (χ0) is 11.0. The summed E-state index contributed by atoms with van der Waals surface area (Å²) in [5.74, 6) is -0.454. The van der Waals surface area contributed by atoms with Crippen molar-refractivity contribution < 1.29 is 14.7 Å². The zero-order valence-electron chi connectivity index (χ0n) is 7.56. The standard InChI is InChI=1S/C7H14N2O3S2/c10-6(11)3-9-5(4-14)7(12)8-1-2-13/h5,9,13-14H,1-4H2,(H,8,12)(H,10,11). The molecule has 0 aliphatic carbocycles. The van der Waals surface area contributed by atoms with Gasteiger partial charge in [-0.15, -0.1) is 0 Å². The fourth-order valence-corrected chi connectivity index (χ4v) is 1.16. The van der Waals surface area contributed by atoms with Crippen molar-refractivity contribution in [1.82, 2.24) is 10.6 Å². The number of rotatable bonds is 7. The summed E-state index contributed by atoms with van der Waals surface area (Å²) in [6.07, 6.45) is 0. The van der Waals surface area contributed by atoms with Gasteiger partial charge in [-0.25, -0.2) is 0 Å². The number of carbonyl (C=O) groups is 2. The highest BCUT2D eigenvalue weighted by Gasteiger charge is 2.16.